The molecule has 0 spiro atoms. The standard InChI is InChI=1S/C17H25NO3/c1-5-6-15(16-12-20-17(2,3)21-16)18-11-13-7-9-14(19-4)10-8-13/h5,7-10,15-16,18H,1,6,11-12H2,2-4H3/t15-,16+/m0/s1. The van der Waals surface area contributed by atoms with Gasteiger partial charge in [-0.15, -0.1) is 6.58 Å². The largest absolute Gasteiger partial charge is 0.497 e. The maximum absolute atomic E-state index is 5.94. The molecule has 0 aliphatic carbocycles. The van der Waals surface area contributed by atoms with Crippen molar-refractivity contribution in [2.24, 2.45) is 0 Å². The Labute approximate surface area is 127 Å². The van der Waals surface area contributed by atoms with Gasteiger partial charge >= 0.3 is 0 Å². The van der Waals surface area contributed by atoms with E-state index >= 15 is 0 Å². The lowest BCUT2D eigenvalue weighted by molar-refractivity contribution is -0.141. The highest BCUT2D eigenvalue weighted by molar-refractivity contribution is 5.27. The maximum atomic E-state index is 5.94. The van der Waals surface area contributed by atoms with Crippen molar-refractivity contribution in [2.75, 3.05) is 13.7 Å². The normalized spacial score (nSPS) is 22.0. The average molecular weight is 291 g/mol. The average Bonchev–Trinajstić information content (AvgIpc) is 2.84. The van der Waals surface area contributed by atoms with Gasteiger partial charge in [0.1, 0.15) is 5.75 Å². The fraction of sp³-hybridized carbons (Fsp3) is 0.529. The van der Waals surface area contributed by atoms with Gasteiger partial charge in [0.2, 0.25) is 0 Å². The Balaban J connectivity index is 1.91. The molecule has 0 amide bonds. The van der Waals surface area contributed by atoms with Crippen molar-refractivity contribution >= 4 is 0 Å². The Morgan fingerprint density at radius 2 is 2.14 bits per heavy atom. The Bertz CT molecular complexity index is 456. The van der Waals surface area contributed by atoms with Gasteiger partial charge in [-0.05, 0) is 38.0 Å². The molecule has 1 heterocycles. The van der Waals surface area contributed by atoms with Crippen LogP contribution in [0.25, 0.3) is 0 Å². The van der Waals surface area contributed by atoms with Gasteiger partial charge in [0.25, 0.3) is 0 Å². The molecule has 1 aliphatic rings. The summed E-state index contributed by atoms with van der Waals surface area (Å²) in [6.45, 7) is 9.12. The summed E-state index contributed by atoms with van der Waals surface area (Å²) in [5.74, 6) is 0.377. The summed E-state index contributed by atoms with van der Waals surface area (Å²) in [5, 5.41) is 3.54. The molecule has 1 aromatic rings. The van der Waals surface area contributed by atoms with E-state index < -0.39 is 5.79 Å². The third-order valence-electron chi connectivity index (χ3n) is 3.63. The molecular formula is C17H25NO3. The van der Waals surface area contributed by atoms with Crippen molar-refractivity contribution in [3.8, 4) is 5.75 Å². The smallest absolute Gasteiger partial charge is 0.163 e. The van der Waals surface area contributed by atoms with Gasteiger partial charge in [-0.1, -0.05) is 18.2 Å². The van der Waals surface area contributed by atoms with Crippen LogP contribution < -0.4 is 10.1 Å². The number of rotatable bonds is 7. The summed E-state index contributed by atoms with van der Waals surface area (Å²) in [6, 6.07) is 8.26. The number of hydrogen-bond donors (Lipinski definition) is 1. The van der Waals surface area contributed by atoms with Gasteiger partial charge in [-0.2, -0.15) is 0 Å². The quantitative estimate of drug-likeness (QED) is 0.784. The lowest BCUT2D eigenvalue weighted by Crippen LogP contribution is -2.41. The number of ether oxygens (including phenoxy) is 3. The fourth-order valence-electron chi connectivity index (χ4n) is 2.45. The third kappa shape index (κ3) is 4.56. The van der Waals surface area contributed by atoms with Gasteiger partial charge in [0.05, 0.1) is 19.8 Å². The van der Waals surface area contributed by atoms with E-state index in [9.17, 15) is 0 Å². The molecule has 2 rings (SSSR count). The Morgan fingerprint density at radius 1 is 1.43 bits per heavy atom. The van der Waals surface area contributed by atoms with Gasteiger partial charge in [-0.25, -0.2) is 0 Å². The number of methoxy groups -OCH3 is 1. The Hall–Kier alpha value is -1.36. The molecule has 0 bridgehead atoms. The van der Waals surface area contributed by atoms with Gasteiger partial charge in [0.15, 0.2) is 5.79 Å². The molecular weight excluding hydrogens is 266 g/mol. The van der Waals surface area contributed by atoms with Crippen molar-refractivity contribution in [3.05, 3.63) is 42.5 Å². The zero-order chi connectivity index (χ0) is 15.3. The van der Waals surface area contributed by atoms with Crippen LogP contribution in [0.15, 0.2) is 36.9 Å². The van der Waals surface area contributed by atoms with Crippen LogP contribution in [0, 0.1) is 0 Å². The minimum Gasteiger partial charge on any atom is -0.497 e. The Kier molecular flexibility index (Phi) is 5.39. The van der Waals surface area contributed by atoms with Crippen molar-refractivity contribution in [1.82, 2.24) is 5.32 Å². The molecule has 2 atom stereocenters. The highest BCUT2D eigenvalue weighted by atomic mass is 16.7. The lowest BCUT2D eigenvalue weighted by atomic mass is 10.1. The summed E-state index contributed by atoms with van der Waals surface area (Å²) in [5.41, 5.74) is 1.21. The first-order valence-electron chi connectivity index (χ1n) is 7.33. The van der Waals surface area contributed by atoms with Crippen LogP contribution in [-0.2, 0) is 16.0 Å². The van der Waals surface area contributed by atoms with Crippen molar-refractivity contribution < 1.29 is 14.2 Å². The number of benzene rings is 1. The van der Waals surface area contributed by atoms with E-state index in [1.54, 1.807) is 7.11 Å². The van der Waals surface area contributed by atoms with Crippen LogP contribution in [0.2, 0.25) is 0 Å². The SMILES string of the molecule is C=CC[C@H](NCc1ccc(OC)cc1)[C@H]1COC(C)(C)O1. The van der Waals surface area contributed by atoms with E-state index in [4.69, 9.17) is 14.2 Å². The summed E-state index contributed by atoms with van der Waals surface area (Å²) in [6.07, 6.45) is 2.82. The summed E-state index contributed by atoms with van der Waals surface area (Å²) >= 11 is 0. The number of hydrogen-bond acceptors (Lipinski definition) is 4. The first-order valence-corrected chi connectivity index (χ1v) is 7.33. The van der Waals surface area contributed by atoms with Crippen LogP contribution >= 0.6 is 0 Å². The minimum absolute atomic E-state index is 0.0521. The van der Waals surface area contributed by atoms with Crippen molar-refractivity contribution in [1.29, 1.82) is 0 Å². The molecule has 21 heavy (non-hydrogen) atoms. The molecule has 1 aliphatic heterocycles. The summed E-state index contributed by atoms with van der Waals surface area (Å²) in [7, 11) is 1.67. The number of nitrogens with one attached hydrogen (secondary N) is 1. The van der Waals surface area contributed by atoms with Crippen molar-refractivity contribution in [3.63, 3.8) is 0 Å². The van der Waals surface area contributed by atoms with Crippen LogP contribution in [0.4, 0.5) is 0 Å². The maximum Gasteiger partial charge on any atom is 0.163 e. The lowest BCUT2D eigenvalue weighted by Gasteiger charge is -2.24. The van der Waals surface area contributed by atoms with Crippen molar-refractivity contribution in [2.45, 2.75) is 44.7 Å². The molecule has 4 nitrogen and oxygen atoms in total. The summed E-state index contributed by atoms with van der Waals surface area (Å²) in [4.78, 5) is 0. The van der Waals surface area contributed by atoms with E-state index in [0.717, 1.165) is 18.7 Å². The Morgan fingerprint density at radius 3 is 2.67 bits per heavy atom. The highest BCUT2D eigenvalue weighted by Crippen LogP contribution is 2.25. The minimum atomic E-state index is -0.494. The van der Waals surface area contributed by atoms with E-state index in [1.807, 2.05) is 32.1 Å². The van der Waals surface area contributed by atoms with Gasteiger partial charge < -0.3 is 19.5 Å². The first-order chi connectivity index (χ1) is 10.0. The molecule has 0 saturated carbocycles. The van der Waals surface area contributed by atoms with Crippen LogP contribution in [0.5, 0.6) is 5.75 Å². The second kappa shape index (κ2) is 7.07. The first kappa shape index (κ1) is 16.0. The summed E-state index contributed by atoms with van der Waals surface area (Å²) < 4.78 is 16.8. The second-order valence-corrected chi connectivity index (χ2v) is 5.73. The zero-order valence-electron chi connectivity index (χ0n) is 13.1. The van der Waals surface area contributed by atoms with E-state index in [-0.39, 0.29) is 12.1 Å². The van der Waals surface area contributed by atoms with Crippen LogP contribution in [0.3, 0.4) is 0 Å². The fourth-order valence-corrected chi connectivity index (χ4v) is 2.45. The van der Waals surface area contributed by atoms with Gasteiger partial charge in [0, 0.05) is 12.6 Å². The van der Waals surface area contributed by atoms with E-state index in [0.29, 0.717) is 6.61 Å². The third-order valence-corrected chi connectivity index (χ3v) is 3.63. The van der Waals surface area contributed by atoms with Gasteiger partial charge in [-0.3, -0.25) is 0 Å². The highest BCUT2D eigenvalue weighted by Gasteiger charge is 2.36. The molecule has 1 saturated heterocycles. The molecule has 0 aromatic heterocycles. The predicted molar refractivity (Wildman–Crippen MR) is 83.3 cm³/mol. The molecule has 1 fully saturated rings. The molecule has 0 unspecified atom stereocenters. The molecule has 4 heteroatoms. The van der Waals surface area contributed by atoms with Crippen LogP contribution in [0.1, 0.15) is 25.8 Å². The predicted octanol–water partition coefficient (Wildman–Crippen LogP) is 2.88. The van der Waals surface area contributed by atoms with E-state index in [2.05, 4.69) is 24.0 Å². The van der Waals surface area contributed by atoms with Crippen LogP contribution in [-0.4, -0.2) is 31.6 Å². The second-order valence-electron chi connectivity index (χ2n) is 5.73. The zero-order valence-corrected chi connectivity index (χ0v) is 13.1. The molecule has 1 N–H and O–H groups in total. The molecule has 1 aromatic carbocycles. The monoisotopic (exact) mass is 291 g/mol. The molecule has 0 radical (unpaired) electrons. The van der Waals surface area contributed by atoms with E-state index in [1.165, 1.54) is 5.56 Å². The topological polar surface area (TPSA) is 39.7 Å². The molecule has 116 valence electrons.